The number of nitrogens with zero attached hydrogens (tertiary/aromatic N) is 5. The van der Waals surface area contributed by atoms with Gasteiger partial charge in [-0.05, 0) is 18.2 Å². The van der Waals surface area contributed by atoms with Crippen LogP contribution in [0.15, 0.2) is 47.1 Å². The van der Waals surface area contributed by atoms with E-state index in [-0.39, 0.29) is 24.0 Å². The quantitative estimate of drug-likeness (QED) is 0.341. The molecule has 0 aliphatic carbocycles. The Labute approximate surface area is 192 Å². The van der Waals surface area contributed by atoms with Gasteiger partial charge in [0.25, 0.3) is 18.8 Å². The number of rotatable bonds is 8. The average molecular weight is 501 g/mol. The zero-order valence-electron chi connectivity index (χ0n) is 16.9. The fourth-order valence-electron chi connectivity index (χ4n) is 3.07. The molecule has 0 saturated carbocycles. The maximum atomic E-state index is 13.8. The summed E-state index contributed by atoms with van der Waals surface area (Å²) in [6.45, 7) is -0.380. The molecule has 8 nitrogen and oxygen atoms in total. The molecule has 34 heavy (non-hydrogen) atoms. The Morgan fingerprint density at radius 1 is 1.06 bits per heavy atom. The summed E-state index contributed by atoms with van der Waals surface area (Å²) in [6.07, 6.45) is -5.01. The van der Waals surface area contributed by atoms with Crippen molar-refractivity contribution in [3.63, 3.8) is 0 Å². The van der Waals surface area contributed by atoms with Crippen molar-refractivity contribution in [1.29, 1.82) is 0 Å². The third-order valence-electron chi connectivity index (χ3n) is 4.61. The highest BCUT2D eigenvalue weighted by molar-refractivity contribution is 6.32. The zero-order chi connectivity index (χ0) is 24.4. The molecule has 0 unspecified atom stereocenters. The maximum absolute atomic E-state index is 13.8. The molecule has 3 aromatic heterocycles. The predicted molar refractivity (Wildman–Crippen MR) is 108 cm³/mol. The summed E-state index contributed by atoms with van der Waals surface area (Å²) in [5.74, 6) is -1.48. The highest BCUT2D eigenvalue weighted by Gasteiger charge is 2.28. The second-order valence-corrected chi connectivity index (χ2v) is 7.30. The minimum absolute atomic E-state index is 0.00919. The van der Waals surface area contributed by atoms with Crippen molar-refractivity contribution in [3.8, 4) is 0 Å². The molecule has 0 bridgehead atoms. The molecule has 0 radical (unpaired) electrons. The van der Waals surface area contributed by atoms with Crippen molar-refractivity contribution >= 4 is 23.5 Å². The first-order valence-electron chi connectivity index (χ1n) is 9.58. The summed E-state index contributed by atoms with van der Waals surface area (Å²) in [6, 6.07) is 8.66. The Hall–Kier alpha value is -3.74. The maximum Gasteiger partial charge on any atom is 0.293 e. The Morgan fingerprint density at radius 3 is 2.53 bits per heavy atom. The van der Waals surface area contributed by atoms with Crippen molar-refractivity contribution in [2.24, 2.45) is 0 Å². The third-order valence-corrected chi connectivity index (χ3v) is 5.00. The molecule has 3 heterocycles. The van der Waals surface area contributed by atoms with E-state index in [1.165, 1.54) is 29.2 Å². The smallest absolute Gasteiger partial charge is 0.293 e. The third kappa shape index (κ3) is 4.93. The van der Waals surface area contributed by atoms with Gasteiger partial charge in [-0.1, -0.05) is 29.8 Å². The fraction of sp³-hybridized carbons (Fsp3) is 0.200. The molecule has 0 spiro atoms. The van der Waals surface area contributed by atoms with E-state index in [4.69, 9.17) is 16.0 Å². The summed E-state index contributed by atoms with van der Waals surface area (Å²) < 4.78 is 73.5. The molecule has 4 aromatic rings. The highest BCUT2D eigenvalue weighted by atomic mass is 35.5. The van der Waals surface area contributed by atoms with Gasteiger partial charge in [0, 0.05) is 5.56 Å². The molecule has 1 amide bonds. The lowest BCUT2D eigenvalue weighted by molar-refractivity contribution is 0.0993. The zero-order valence-corrected chi connectivity index (χ0v) is 17.7. The minimum atomic E-state index is -3.16. The highest BCUT2D eigenvalue weighted by Crippen LogP contribution is 2.35. The molecule has 0 fully saturated rings. The first kappa shape index (κ1) is 23.4. The molecule has 1 N–H and O–H groups in total. The monoisotopic (exact) mass is 500 g/mol. The van der Waals surface area contributed by atoms with Gasteiger partial charge in [-0.15, -0.1) is 5.10 Å². The molecular formula is C20H14ClF5N6O2. The van der Waals surface area contributed by atoms with Gasteiger partial charge in [0.1, 0.15) is 29.3 Å². The van der Waals surface area contributed by atoms with Crippen LogP contribution in [0, 0.1) is 5.82 Å². The van der Waals surface area contributed by atoms with Gasteiger partial charge in [-0.2, -0.15) is 5.10 Å². The van der Waals surface area contributed by atoms with Crippen LogP contribution < -0.4 is 5.32 Å². The van der Waals surface area contributed by atoms with Crippen LogP contribution in [-0.2, 0) is 13.1 Å². The van der Waals surface area contributed by atoms with E-state index in [1.54, 1.807) is 18.2 Å². The van der Waals surface area contributed by atoms with E-state index in [1.807, 2.05) is 0 Å². The summed E-state index contributed by atoms with van der Waals surface area (Å²) in [5, 5.41) is 9.02. The lowest BCUT2D eigenvalue weighted by Gasteiger charge is -2.05. The Kier molecular flexibility index (Phi) is 6.63. The number of alkyl halides is 4. The molecule has 0 aliphatic heterocycles. The topological polar surface area (TPSA) is 90.8 Å². The average Bonchev–Trinajstić information content (AvgIpc) is 3.49. The van der Waals surface area contributed by atoms with Crippen molar-refractivity contribution in [3.05, 3.63) is 82.0 Å². The molecule has 0 atom stereocenters. The summed E-state index contributed by atoms with van der Waals surface area (Å²) in [5.41, 5.74) is -1.49. The fourth-order valence-corrected chi connectivity index (χ4v) is 3.37. The number of benzene rings is 1. The van der Waals surface area contributed by atoms with Crippen molar-refractivity contribution in [2.75, 3.05) is 5.32 Å². The van der Waals surface area contributed by atoms with E-state index < -0.39 is 47.5 Å². The summed E-state index contributed by atoms with van der Waals surface area (Å²) in [4.78, 5) is 16.3. The van der Waals surface area contributed by atoms with Crippen LogP contribution in [0.25, 0.3) is 0 Å². The lowest BCUT2D eigenvalue weighted by Crippen LogP contribution is -2.13. The lowest BCUT2D eigenvalue weighted by atomic mass is 10.2. The predicted octanol–water partition coefficient (Wildman–Crippen LogP) is 5.08. The largest absolute Gasteiger partial charge is 0.454 e. The Morgan fingerprint density at radius 2 is 1.82 bits per heavy atom. The molecular weight excluding hydrogens is 487 g/mol. The standard InChI is InChI=1S/C20H14ClF5N6O2/c21-14-15(17(23)24)29-32(16(14)18(25)26)8-11-5-6-13(34-11)19(33)28-20-27-9-31(30-20)7-10-3-1-2-4-12(10)22/h1-6,9,17-18H,7-8H2,(H,28,30,33). The van der Waals surface area contributed by atoms with E-state index in [2.05, 4.69) is 20.5 Å². The number of carbonyl (C=O) groups excluding carboxylic acids is 1. The number of anilines is 1. The molecule has 0 saturated heterocycles. The van der Waals surface area contributed by atoms with Crippen molar-refractivity contribution < 1.29 is 31.2 Å². The van der Waals surface area contributed by atoms with Crippen molar-refractivity contribution in [2.45, 2.75) is 25.9 Å². The molecule has 14 heteroatoms. The van der Waals surface area contributed by atoms with Gasteiger partial charge < -0.3 is 4.42 Å². The van der Waals surface area contributed by atoms with Crippen molar-refractivity contribution in [1.82, 2.24) is 24.5 Å². The van der Waals surface area contributed by atoms with Gasteiger partial charge in [-0.25, -0.2) is 31.6 Å². The van der Waals surface area contributed by atoms with E-state index in [9.17, 15) is 26.7 Å². The van der Waals surface area contributed by atoms with E-state index >= 15 is 0 Å². The van der Waals surface area contributed by atoms with Crippen LogP contribution >= 0.6 is 11.6 Å². The molecule has 0 aliphatic rings. The number of carbonyl (C=O) groups is 1. The number of nitrogens with one attached hydrogen (secondary N) is 1. The number of amides is 1. The van der Waals surface area contributed by atoms with Gasteiger partial charge in [0.2, 0.25) is 5.95 Å². The number of furan rings is 1. The SMILES string of the molecule is O=C(Nc1ncn(Cc2ccccc2F)n1)c1ccc(Cn2nc(C(F)F)c(Cl)c2C(F)F)o1. The second kappa shape index (κ2) is 9.63. The van der Waals surface area contributed by atoms with Crippen LogP contribution in [0.1, 0.15) is 46.1 Å². The van der Waals surface area contributed by atoms with E-state index in [0.29, 0.717) is 10.2 Å². The number of aromatic nitrogens is 5. The molecule has 178 valence electrons. The molecule has 4 rings (SSSR count). The Balaban J connectivity index is 1.44. The van der Waals surface area contributed by atoms with Gasteiger partial charge in [-0.3, -0.25) is 14.8 Å². The van der Waals surface area contributed by atoms with Crippen LogP contribution in [0.5, 0.6) is 0 Å². The normalized spacial score (nSPS) is 11.5. The summed E-state index contributed by atoms with van der Waals surface area (Å²) >= 11 is 5.62. The van der Waals surface area contributed by atoms with Gasteiger partial charge in [0.05, 0.1) is 18.1 Å². The number of hydrogen-bond donors (Lipinski definition) is 1. The Bertz CT molecular complexity index is 1320. The first-order chi connectivity index (χ1) is 16.2. The van der Waals surface area contributed by atoms with Gasteiger partial charge >= 0.3 is 0 Å². The summed E-state index contributed by atoms with van der Waals surface area (Å²) in [7, 11) is 0. The van der Waals surface area contributed by atoms with E-state index in [0.717, 1.165) is 0 Å². The van der Waals surface area contributed by atoms with Crippen LogP contribution in [0.4, 0.5) is 27.9 Å². The van der Waals surface area contributed by atoms with Gasteiger partial charge in [0.15, 0.2) is 5.76 Å². The second-order valence-electron chi connectivity index (χ2n) is 6.92. The number of hydrogen-bond acceptors (Lipinski definition) is 5. The minimum Gasteiger partial charge on any atom is -0.454 e. The van der Waals surface area contributed by atoms with Crippen LogP contribution in [0.3, 0.4) is 0 Å². The van der Waals surface area contributed by atoms with Crippen LogP contribution in [0.2, 0.25) is 5.02 Å². The number of halogens is 6. The van der Waals surface area contributed by atoms with Crippen LogP contribution in [-0.4, -0.2) is 30.5 Å². The first-order valence-corrected chi connectivity index (χ1v) is 9.96. The molecule has 1 aromatic carbocycles.